The van der Waals surface area contributed by atoms with E-state index in [1.165, 1.54) is 0 Å². The van der Waals surface area contributed by atoms with Crippen molar-refractivity contribution < 1.29 is 9.32 Å². The molecule has 1 N–H and O–H groups in total. The van der Waals surface area contributed by atoms with E-state index in [0.29, 0.717) is 5.89 Å². The van der Waals surface area contributed by atoms with E-state index >= 15 is 0 Å². The van der Waals surface area contributed by atoms with E-state index in [4.69, 9.17) is 4.52 Å². The van der Waals surface area contributed by atoms with Gasteiger partial charge in [0.15, 0.2) is 5.82 Å². The maximum atomic E-state index is 12.4. The van der Waals surface area contributed by atoms with Crippen molar-refractivity contribution in [3.8, 4) is 0 Å². The third-order valence-electron chi connectivity index (χ3n) is 4.09. The SMILES string of the molecule is CCCCNC(=O)N1CCCCC1c1nc(CCCC)no1. The van der Waals surface area contributed by atoms with Gasteiger partial charge in [0.25, 0.3) is 0 Å². The van der Waals surface area contributed by atoms with E-state index in [9.17, 15) is 4.79 Å². The zero-order valence-corrected chi connectivity index (χ0v) is 13.8. The number of unbranched alkanes of at least 4 members (excludes halogenated alkanes) is 2. The number of rotatable bonds is 7. The number of piperidine rings is 1. The van der Waals surface area contributed by atoms with Crippen molar-refractivity contribution in [3.05, 3.63) is 11.7 Å². The Morgan fingerprint density at radius 3 is 2.91 bits per heavy atom. The molecule has 1 unspecified atom stereocenters. The Hall–Kier alpha value is -1.59. The van der Waals surface area contributed by atoms with Gasteiger partial charge in [-0.25, -0.2) is 4.79 Å². The molecule has 124 valence electrons. The second-order valence-electron chi connectivity index (χ2n) is 5.94. The van der Waals surface area contributed by atoms with Gasteiger partial charge in [0.2, 0.25) is 5.89 Å². The number of aryl methyl sites for hydroxylation is 1. The summed E-state index contributed by atoms with van der Waals surface area (Å²) in [5.41, 5.74) is 0. The van der Waals surface area contributed by atoms with Crippen molar-refractivity contribution >= 4 is 6.03 Å². The molecule has 0 aliphatic carbocycles. The molecule has 6 nitrogen and oxygen atoms in total. The van der Waals surface area contributed by atoms with Crippen molar-refractivity contribution in [2.24, 2.45) is 0 Å². The molecule has 1 atom stereocenters. The zero-order chi connectivity index (χ0) is 15.8. The number of hydrogen-bond donors (Lipinski definition) is 1. The minimum atomic E-state index is -0.0711. The molecule has 1 fully saturated rings. The lowest BCUT2D eigenvalue weighted by atomic mass is 10.0. The van der Waals surface area contributed by atoms with Crippen LogP contribution in [0.25, 0.3) is 0 Å². The predicted molar refractivity (Wildman–Crippen MR) is 84.5 cm³/mol. The summed E-state index contributed by atoms with van der Waals surface area (Å²) in [7, 11) is 0. The predicted octanol–water partition coefficient (Wildman–Crippen LogP) is 3.45. The van der Waals surface area contributed by atoms with Crippen LogP contribution in [0.3, 0.4) is 0 Å². The number of likely N-dealkylation sites (tertiary alicyclic amines) is 1. The smallest absolute Gasteiger partial charge is 0.318 e. The van der Waals surface area contributed by atoms with E-state index in [2.05, 4.69) is 29.3 Å². The molecule has 2 amide bonds. The largest absolute Gasteiger partial charge is 0.338 e. The molecule has 1 aromatic heterocycles. The number of amides is 2. The number of hydrogen-bond acceptors (Lipinski definition) is 4. The molecule has 6 heteroatoms. The highest BCUT2D eigenvalue weighted by atomic mass is 16.5. The number of urea groups is 1. The summed E-state index contributed by atoms with van der Waals surface area (Å²) in [5, 5.41) is 7.04. The summed E-state index contributed by atoms with van der Waals surface area (Å²) in [6.07, 6.45) is 8.13. The van der Waals surface area contributed by atoms with Gasteiger partial charge in [0.05, 0.1) is 0 Å². The molecule has 1 saturated heterocycles. The molecular formula is C16H28N4O2. The van der Waals surface area contributed by atoms with Crippen molar-refractivity contribution in [1.82, 2.24) is 20.4 Å². The number of carbonyl (C=O) groups is 1. The van der Waals surface area contributed by atoms with Crippen molar-refractivity contribution in [2.75, 3.05) is 13.1 Å². The van der Waals surface area contributed by atoms with Crippen LogP contribution < -0.4 is 5.32 Å². The second-order valence-corrected chi connectivity index (χ2v) is 5.94. The maximum Gasteiger partial charge on any atom is 0.318 e. The Morgan fingerprint density at radius 2 is 2.14 bits per heavy atom. The third kappa shape index (κ3) is 4.45. The fourth-order valence-electron chi connectivity index (χ4n) is 2.74. The van der Waals surface area contributed by atoms with Crippen LogP contribution in [0.5, 0.6) is 0 Å². The lowest BCUT2D eigenvalue weighted by Gasteiger charge is -2.33. The van der Waals surface area contributed by atoms with Crippen LogP contribution in [0.2, 0.25) is 0 Å². The molecule has 0 bridgehead atoms. The fraction of sp³-hybridized carbons (Fsp3) is 0.812. The summed E-state index contributed by atoms with van der Waals surface area (Å²) < 4.78 is 5.42. The first kappa shape index (κ1) is 16.8. The maximum absolute atomic E-state index is 12.4. The highest BCUT2D eigenvalue weighted by Gasteiger charge is 2.31. The minimum absolute atomic E-state index is 0.00791. The molecule has 2 heterocycles. The van der Waals surface area contributed by atoms with Crippen LogP contribution in [0.1, 0.15) is 76.6 Å². The van der Waals surface area contributed by atoms with E-state index in [1.807, 2.05) is 4.90 Å². The second kappa shape index (κ2) is 8.76. The number of carbonyl (C=O) groups excluding carboxylic acids is 1. The quantitative estimate of drug-likeness (QED) is 0.783. The highest BCUT2D eigenvalue weighted by molar-refractivity contribution is 5.74. The fourth-order valence-corrected chi connectivity index (χ4v) is 2.74. The average molecular weight is 308 g/mol. The van der Waals surface area contributed by atoms with Gasteiger partial charge >= 0.3 is 6.03 Å². The normalized spacial score (nSPS) is 18.5. The molecule has 1 aliphatic rings. The number of aromatic nitrogens is 2. The zero-order valence-electron chi connectivity index (χ0n) is 13.8. The summed E-state index contributed by atoms with van der Waals surface area (Å²) in [6, 6.07) is -0.0790. The summed E-state index contributed by atoms with van der Waals surface area (Å²) >= 11 is 0. The Bertz CT molecular complexity index is 461. The average Bonchev–Trinajstić information content (AvgIpc) is 3.02. The Morgan fingerprint density at radius 1 is 1.32 bits per heavy atom. The first-order valence-corrected chi connectivity index (χ1v) is 8.63. The van der Waals surface area contributed by atoms with E-state index in [-0.39, 0.29) is 12.1 Å². The first-order chi connectivity index (χ1) is 10.8. The molecule has 1 aromatic rings. The van der Waals surface area contributed by atoms with Gasteiger partial charge in [-0.1, -0.05) is 31.8 Å². The summed E-state index contributed by atoms with van der Waals surface area (Å²) in [4.78, 5) is 18.7. The molecule has 1 aliphatic heterocycles. The third-order valence-corrected chi connectivity index (χ3v) is 4.09. The van der Waals surface area contributed by atoms with Gasteiger partial charge in [-0.05, 0) is 32.1 Å². The van der Waals surface area contributed by atoms with E-state index < -0.39 is 0 Å². The van der Waals surface area contributed by atoms with Crippen LogP contribution >= 0.6 is 0 Å². The van der Waals surface area contributed by atoms with E-state index in [1.54, 1.807) is 0 Å². The van der Waals surface area contributed by atoms with Crippen molar-refractivity contribution in [2.45, 2.75) is 71.3 Å². The van der Waals surface area contributed by atoms with E-state index in [0.717, 1.165) is 70.3 Å². The van der Waals surface area contributed by atoms with Crippen LogP contribution in [0.15, 0.2) is 4.52 Å². The standard InChI is InChI=1S/C16H28N4O2/c1-3-5-10-14-18-15(22-19-14)13-9-7-8-12-20(13)16(21)17-11-6-4-2/h13H,3-12H2,1-2H3,(H,17,21). The molecular weight excluding hydrogens is 280 g/mol. The van der Waals surface area contributed by atoms with Crippen LogP contribution in [0.4, 0.5) is 4.79 Å². The highest BCUT2D eigenvalue weighted by Crippen LogP contribution is 2.29. The molecule has 22 heavy (non-hydrogen) atoms. The molecule has 2 rings (SSSR count). The van der Waals surface area contributed by atoms with Gasteiger partial charge in [0.1, 0.15) is 6.04 Å². The van der Waals surface area contributed by atoms with Crippen LogP contribution in [-0.2, 0) is 6.42 Å². The van der Waals surface area contributed by atoms with Gasteiger partial charge in [-0.15, -0.1) is 0 Å². The Balaban J connectivity index is 1.99. The minimum Gasteiger partial charge on any atom is -0.338 e. The molecule has 0 saturated carbocycles. The van der Waals surface area contributed by atoms with Gasteiger partial charge in [0, 0.05) is 19.5 Å². The summed E-state index contributed by atoms with van der Waals surface area (Å²) in [6.45, 7) is 5.75. The lowest BCUT2D eigenvalue weighted by Crippen LogP contribution is -2.45. The number of nitrogens with zero attached hydrogens (tertiary/aromatic N) is 3. The Labute approximate surface area is 132 Å². The van der Waals surface area contributed by atoms with Gasteiger partial charge < -0.3 is 14.7 Å². The topological polar surface area (TPSA) is 71.3 Å². The monoisotopic (exact) mass is 308 g/mol. The molecule has 0 aromatic carbocycles. The first-order valence-electron chi connectivity index (χ1n) is 8.63. The summed E-state index contributed by atoms with van der Waals surface area (Å²) in [5.74, 6) is 1.35. The Kier molecular flexibility index (Phi) is 6.68. The lowest BCUT2D eigenvalue weighted by molar-refractivity contribution is 0.132. The van der Waals surface area contributed by atoms with Crippen molar-refractivity contribution in [3.63, 3.8) is 0 Å². The van der Waals surface area contributed by atoms with Crippen LogP contribution in [0, 0.1) is 0 Å². The van der Waals surface area contributed by atoms with Crippen LogP contribution in [-0.4, -0.2) is 34.2 Å². The van der Waals surface area contributed by atoms with Gasteiger partial charge in [-0.2, -0.15) is 4.98 Å². The number of nitrogens with one attached hydrogen (secondary N) is 1. The molecule has 0 spiro atoms. The van der Waals surface area contributed by atoms with Gasteiger partial charge in [-0.3, -0.25) is 0 Å². The van der Waals surface area contributed by atoms with Crippen molar-refractivity contribution in [1.29, 1.82) is 0 Å². The molecule has 0 radical (unpaired) electrons.